The van der Waals surface area contributed by atoms with Crippen LogP contribution in [0.4, 0.5) is 8.78 Å². The summed E-state index contributed by atoms with van der Waals surface area (Å²) in [6.07, 6.45) is 1.50. The average molecular weight is 382 g/mol. The van der Waals surface area contributed by atoms with Crippen LogP contribution in [0.25, 0.3) is 11.4 Å². The van der Waals surface area contributed by atoms with E-state index in [0.717, 1.165) is 6.07 Å². The van der Waals surface area contributed by atoms with Crippen molar-refractivity contribution in [3.8, 4) is 11.4 Å². The van der Waals surface area contributed by atoms with Crippen LogP contribution < -0.4 is 0 Å². The van der Waals surface area contributed by atoms with Gasteiger partial charge < -0.3 is 4.98 Å². The topological polar surface area (TPSA) is 28.7 Å². The lowest BCUT2D eigenvalue weighted by atomic mass is 10.2. The number of hydrogen-bond donors (Lipinski definition) is 1. The van der Waals surface area contributed by atoms with Crippen LogP contribution in [0.5, 0.6) is 0 Å². The molecule has 0 aliphatic carbocycles. The summed E-state index contributed by atoms with van der Waals surface area (Å²) < 4.78 is 27.4. The maximum Gasteiger partial charge on any atom is 0.173 e. The first kappa shape index (κ1) is 12.8. The van der Waals surface area contributed by atoms with Gasteiger partial charge in [-0.2, -0.15) is 0 Å². The molecule has 0 amide bonds. The quantitative estimate of drug-likeness (QED) is 0.577. The van der Waals surface area contributed by atoms with Gasteiger partial charge in [-0.25, -0.2) is 13.8 Å². The van der Waals surface area contributed by atoms with Crippen LogP contribution in [-0.2, 0) is 0 Å². The molecule has 0 aliphatic heterocycles. The van der Waals surface area contributed by atoms with Gasteiger partial charge in [-0.3, -0.25) is 0 Å². The smallest absolute Gasteiger partial charge is 0.173 e. The van der Waals surface area contributed by atoms with Crippen molar-refractivity contribution >= 4 is 44.1 Å². The molecular weight excluding hydrogens is 378 g/mol. The fourth-order valence-electron chi connectivity index (χ4n) is 1.23. The molecule has 88 valence electrons. The minimum absolute atomic E-state index is 0.0120. The van der Waals surface area contributed by atoms with E-state index in [0.29, 0.717) is 20.5 Å². The van der Waals surface area contributed by atoms with E-state index >= 15 is 0 Å². The van der Waals surface area contributed by atoms with Gasteiger partial charge in [0.1, 0.15) is 10.5 Å². The van der Waals surface area contributed by atoms with Gasteiger partial charge >= 0.3 is 0 Å². The first-order valence-electron chi connectivity index (χ1n) is 4.39. The second kappa shape index (κ2) is 4.91. The van der Waals surface area contributed by atoms with E-state index in [4.69, 9.17) is 12.2 Å². The summed E-state index contributed by atoms with van der Waals surface area (Å²) in [5.74, 6) is -1.51. The van der Waals surface area contributed by atoms with Gasteiger partial charge in [-0.15, -0.1) is 0 Å². The Kier molecular flexibility index (Phi) is 3.70. The summed E-state index contributed by atoms with van der Waals surface area (Å²) in [4.78, 5) is 6.87. The number of hydrogen-bond acceptors (Lipinski definition) is 2. The van der Waals surface area contributed by atoms with Crippen LogP contribution in [0.2, 0.25) is 0 Å². The van der Waals surface area contributed by atoms with Gasteiger partial charge in [-0.1, -0.05) is 12.2 Å². The summed E-state index contributed by atoms with van der Waals surface area (Å²) in [5.41, 5.74) is 0.405. The zero-order valence-corrected chi connectivity index (χ0v) is 12.1. The Hall–Kier alpha value is -0.660. The standard InChI is InChI=1S/C10H4Br2F2N2S/c11-5-3-15-9(16-10(5)17)4-1-2-6(13)8(14)7(4)12/h1-3H,(H,15,16,17). The fourth-order valence-corrected chi connectivity index (χ4v) is 2.09. The first-order valence-corrected chi connectivity index (χ1v) is 6.39. The highest BCUT2D eigenvalue weighted by Crippen LogP contribution is 2.29. The van der Waals surface area contributed by atoms with E-state index in [2.05, 4.69) is 41.8 Å². The molecule has 2 aromatic rings. The largest absolute Gasteiger partial charge is 0.330 e. The third-order valence-corrected chi connectivity index (χ3v) is 4.01. The molecule has 7 heteroatoms. The molecule has 0 saturated heterocycles. The Balaban J connectivity index is 2.65. The molecule has 0 bridgehead atoms. The van der Waals surface area contributed by atoms with Crippen molar-refractivity contribution < 1.29 is 8.78 Å². The Bertz CT molecular complexity index is 643. The molecule has 1 N–H and O–H groups in total. The lowest BCUT2D eigenvalue weighted by molar-refractivity contribution is 0.504. The Morgan fingerprint density at radius 3 is 2.59 bits per heavy atom. The minimum atomic E-state index is -0.952. The molecule has 0 fully saturated rings. The van der Waals surface area contributed by atoms with Crippen LogP contribution in [-0.4, -0.2) is 9.97 Å². The van der Waals surface area contributed by atoms with Gasteiger partial charge in [0.05, 0.1) is 8.95 Å². The summed E-state index contributed by atoms with van der Waals surface area (Å²) in [6.45, 7) is 0. The van der Waals surface area contributed by atoms with Crippen LogP contribution in [0.1, 0.15) is 0 Å². The van der Waals surface area contributed by atoms with Crippen molar-refractivity contribution in [1.82, 2.24) is 9.97 Å². The molecule has 2 nitrogen and oxygen atoms in total. The van der Waals surface area contributed by atoms with Crippen LogP contribution >= 0.6 is 44.1 Å². The van der Waals surface area contributed by atoms with Crippen molar-refractivity contribution in [2.75, 3.05) is 0 Å². The van der Waals surface area contributed by atoms with Gasteiger partial charge in [0, 0.05) is 11.8 Å². The van der Waals surface area contributed by atoms with Crippen molar-refractivity contribution in [2.24, 2.45) is 0 Å². The normalized spacial score (nSPS) is 10.6. The molecule has 1 aromatic carbocycles. The molecule has 0 spiro atoms. The van der Waals surface area contributed by atoms with Crippen molar-refractivity contribution in [3.63, 3.8) is 0 Å². The van der Waals surface area contributed by atoms with Gasteiger partial charge in [0.2, 0.25) is 0 Å². The molecule has 17 heavy (non-hydrogen) atoms. The number of benzene rings is 1. The molecule has 1 heterocycles. The number of aromatic nitrogens is 2. The predicted octanol–water partition coefficient (Wildman–Crippen LogP) is 4.61. The third kappa shape index (κ3) is 2.46. The number of aromatic amines is 1. The molecule has 0 saturated carbocycles. The van der Waals surface area contributed by atoms with E-state index in [9.17, 15) is 8.78 Å². The summed E-state index contributed by atoms with van der Waals surface area (Å²) in [7, 11) is 0. The highest BCUT2D eigenvalue weighted by Gasteiger charge is 2.13. The van der Waals surface area contributed by atoms with Crippen molar-refractivity contribution in [2.45, 2.75) is 0 Å². The zero-order chi connectivity index (χ0) is 12.6. The lowest BCUT2D eigenvalue weighted by Gasteiger charge is -2.05. The predicted molar refractivity (Wildman–Crippen MR) is 70.2 cm³/mol. The SMILES string of the molecule is Fc1ccc(-c2ncc(Br)c(=S)[nH]2)c(Br)c1F. The zero-order valence-electron chi connectivity index (χ0n) is 8.10. The monoisotopic (exact) mass is 380 g/mol. The summed E-state index contributed by atoms with van der Waals surface area (Å²) >= 11 is 11.2. The van der Waals surface area contributed by atoms with Gasteiger partial charge in [0.15, 0.2) is 11.6 Å². The molecule has 1 aromatic heterocycles. The first-order chi connectivity index (χ1) is 8.00. The second-order valence-electron chi connectivity index (χ2n) is 3.13. The summed E-state index contributed by atoms with van der Waals surface area (Å²) in [6, 6.07) is 2.46. The number of halogens is 4. The number of nitrogens with zero attached hydrogens (tertiary/aromatic N) is 1. The highest BCUT2D eigenvalue weighted by atomic mass is 79.9. The van der Waals surface area contributed by atoms with E-state index in [1.165, 1.54) is 12.3 Å². The maximum atomic E-state index is 13.4. The number of nitrogens with one attached hydrogen (secondary N) is 1. The van der Waals surface area contributed by atoms with Crippen LogP contribution in [0, 0.1) is 16.3 Å². The Morgan fingerprint density at radius 1 is 1.24 bits per heavy atom. The van der Waals surface area contributed by atoms with Gasteiger partial charge in [0.25, 0.3) is 0 Å². The average Bonchev–Trinajstić information content (AvgIpc) is 2.30. The van der Waals surface area contributed by atoms with Crippen molar-refractivity contribution in [1.29, 1.82) is 0 Å². The van der Waals surface area contributed by atoms with Gasteiger partial charge in [-0.05, 0) is 44.0 Å². The number of rotatable bonds is 1. The molecule has 2 rings (SSSR count). The molecular formula is C10H4Br2F2N2S. The molecule has 0 aliphatic rings. The highest BCUT2D eigenvalue weighted by molar-refractivity contribution is 9.10. The van der Waals surface area contributed by atoms with Crippen molar-refractivity contribution in [3.05, 3.63) is 43.6 Å². The minimum Gasteiger partial charge on any atom is -0.330 e. The van der Waals surface area contributed by atoms with E-state index in [1.807, 2.05) is 0 Å². The van der Waals surface area contributed by atoms with E-state index < -0.39 is 11.6 Å². The Morgan fingerprint density at radius 2 is 1.94 bits per heavy atom. The van der Waals surface area contributed by atoms with E-state index in [-0.39, 0.29) is 4.47 Å². The fraction of sp³-hybridized carbons (Fsp3) is 0. The maximum absolute atomic E-state index is 13.4. The molecule has 0 radical (unpaired) electrons. The molecule has 0 unspecified atom stereocenters. The van der Waals surface area contributed by atoms with E-state index in [1.54, 1.807) is 0 Å². The number of H-pyrrole nitrogens is 1. The Labute approximate surface area is 117 Å². The second-order valence-corrected chi connectivity index (χ2v) is 5.19. The van der Waals surface area contributed by atoms with Crippen LogP contribution in [0.3, 0.4) is 0 Å². The third-order valence-electron chi connectivity index (χ3n) is 2.05. The lowest BCUT2D eigenvalue weighted by Crippen LogP contribution is -1.94. The summed E-state index contributed by atoms with van der Waals surface area (Å²) in [5, 5.41) is 0. The van der Waals surface area contributed by atoms with Crippen LogP contribution in [0.15, 0.2) is 27.3 Å². The molecule has 0 atom stereocenters.